The van der Waals surface area contributed by atoms with Gasteiger partial charge in [0.15, 0.2) is 0 Å². The molecule has 0 radical (unpaired) electrons. The van der Waals surface area contributed by atoms with Crippen molar-refractivity contribution < 1.29 is 14.2 Å². The first-order valence-corrected chi connectivity index (χ1v) is 6.68. The lowest BCUT2D eigenvalue weighted by molar-refractivity contribution is 0.0382. The molecule has 2 N–H and O–H groups in total. The monoisotopic (exact) mass is 268 g/mol. The molecule has 106 valence electrons. The van der Waals surface area contributed by atoms with Crippen molar-refractivity contribution in [2.75, 3.05) is 39.4 Å². The Balaban J connectivity index is 1.80. The highest BCUT2D eigenvalue weighted by Crippen LogP contribution is 2.24. The van der Waals surface area contributed by atoms with Crippen LogP contribution in [0.1, 0.15) is 18.5 Å². The smallest absolute Gasteiger partial charge is 0.123 e. The zero-order valence-corrected chi connectivity index (χ0v) is 11.2. The van der Waals surface area contributed by atoms with Gasteiger partial charge in [-0.2, -0.15) is 0 Å². The maximum Gasteiger partial charge on any atom is 0.123 e. The van der Waals surface area contributed by atoms with Crippen molar-refractivity contribution >= 4 is 0 Å². The van der Waals surface area contributed by atoms with Crippen molar-refractivity contribution in [3.8, 4) is 5.75 Å². The molecule has 19 heavy (non-hydrogen) atoms. The Kier molecular flexibility index (Phi) is 5.13. The van der Waals surface area contributed by atoms with Crippen LogP contribution in [0.15, 0.2) is 18.2 Å². The van der Waals surface area contributed by atoms with Crippen molar-refractivity contribution in [1.82, 2.24) is 10.2 Å². The molecule has 1 aromatic carbocycles. The summed E-state index contributed by atoms with van der Waals surface area (Å²) in [6.45, 7) is 7.16. The Morgan fingerprint density at radius 1 is 1.42 bits per heavy atom. The number of morpholine rings is 1. The molecule has 0 aliphatic carbocycles. The molecule has 1 aromatic rings. The Hall–Kier alpha value is -1.17. The summed E-state index contributed by atoms with van der Waals surface area (Å²) >= 11 is 0. The summed E-state index contributed by atoms with van der Waals surface area (Å²) in [5.41, 5.74) is 0.599. The van der Waals surface area contributed by atoms with Crippen LogP contribution in [0, 0.1) is 5.82 Å². The molecule has 0 aromatic heterocycles. The molecular weight excluding hydrogens is 247 g/mol. The van der Waals surface area contributed by atoms with E-state index in [0.717, 1.165) is 39.4 Å². The van der Waals surface area contributed by atoms with Gasteiger partial charge in [-0.3, -0.25) is 4.90 Å². The van der Waals surface area contributed by atoms with Gasteiger partial charge in [-0.1, -0.05) is 0 Å². The minimum atomic E-state index is -0.324. The van der Waals surface area contributed by atoms with Crippen molar-refractivity contribution in [2.24, 2.45) is 0 Å². The van der Waals surface area contributed by atoms with Crippen molar-refractivity contribution in [2.45, 2.75) is 13.0 Å². The maximum absolute atomic E-state index is 13.2. The second-order valence-corrected chi connectivity index (χ2v) is 4.83. The fourth-order valence-corrected chi connectivity index (χ4v) is 2.25. The standard InChI is InChI=1S/C14H21FN2O2/c1-11(13-10-12(15)2-3-14(13)18)16-4-5-17-6-8-19-9-7-17/h2-3,10-11,16,18H,4-9H2,1H3. The first kappa shape index (κ1) is 14.2. The molecule has 1 fully saturated rings. The summed E-state index contributed by atoms with van der Waals surface area (Å²) in [4.78, 5) is 2.33. The number of halogens is 1. The third-order valence-electron chi connectivity index (χ3n) is 3.44. The fraction of sp³-hybridized carbons (Fsp3) is 0.571. The molecule has 0 amide bonds. The van der Waals surface area contributed by atoms with Gasteiger partial charge in [-0.25, -0.2) is 4.39 Å². The van der Waals surface area contributed by atoms with Gasteiger partial charge >= 0.3 is 0 Å². The Morgan fingerprint density at radius 2 is 2.16 bits per heavy atom. The molecule has 2 rings (SSSR count). The topological polar surface area (TPSA) is 44.7 Å². The number of phenols is 1. The molecular formula is C14H21FN2O2. The number of phenolic OH excluding ortho intramolecular Hbond substituents is 1. The van der Waals surface area contributed by atoms with E-state index in [9.17, 15) is 9.50 Å². The normalized spacial score (nSPS) is 18.4. The summed E-state index contributed by atoms with van der Waals surface area (Å²) in [6, 6.07) is 3.96. The first-order chi connectivity index (χ1) is 9.16. The zero-order chi connectivity index (χ0) is 13.7. The molecule has 1 aliphatic heterocycles. The SMILES string of the molecule is CC(NCCN1CCOCC1)c1cc(F)ccc1O. The van der Waals surface area contributed by atoms with Crippen LogP contribution in [0.4, 0.5) is 4.39 Å². The highest BCUT2D eigenvalue weighted by molar-refractivity contribution is 5.34. The van der Waals surface area contributed by atoms with Crippen LogP contribution in [-0.4, -0.2) is 49.4 Å². The molecule has 1 heterocycles. The number of benzene rings is 1. The number of nitrogens with one attached hydrogen (secondary N) is 1. The van der Waals surface area contributed by atoms with Crippen LogP contribution in [0.2, 0.25) is 0 Å². The number of rotatable bonds is 5. The minimum Gasteiger partial charge on any atom is -0.508 e. The molecule has 1 unspecified atom stereocenters. The summed E-state index contributed by atoms with van der Waals surface area (Å²) < 4.78 is 18.4. The van der Waals surface area contributed by atoms with Crippen molar-refractivity contribution in [3.63, 3.8) is 0 Å². The molecule has 0 bridgehead atoms. The second kappa shape index (κ2) is 6.84. The van der Waals surface area contributed by atoms with E-state index in [1.54, 1.807) is 0 Å². The van der Waals surface area contributed by atoms with Gasteiger partial charge in [-0.05, 0) is 25.1 Å². The van der Waals surface area contributed by atoms with E-state index >= 15 is 0 Å². The zero-order valence-electron chi connectivity index (χ0n) is 11.2. The Labute approximate surface area is 113 Å². The van der Waals surface area contributed by atoms with Crippen LogP contribution in [0.25, 0.3) is 0 Å². The second-order valence-electron chi connectivity index (χ2n) is 4.83. The van der Waals surface area contributed by atoms with Gasteiger partial charge in [0.1, 0.15) is 11.6 Å². The van der Waals surface area contributed by atoms with Crippen molar-refractivity contribution in [3.05, 3.63) is 29.6 Å². The van der Waals surface area contributed by atoms with Gasteiger partial charge in [0.2, 0.25) is 0 Å². The molecule has 1 aliphatic rings. The molecule has 5 heteroatoms. The molecule has 4 nitrogen and oxygen atoms in total. The van der Waals surface area contributed by atoms with Gasteiger partial charge in [-0.15, -0.1) is 0 Å². The largest absolute Gasteiger partial charge is 0.508 e. The van der Waals surface area contributed by atoms with Gasteiger partial charge in [0, 0.05) is 37.8 Å². The average molecular weight is 268 g/mol. The van der Waals surface area contributed by atoms with Crippen LogP contribution in [0.5, 0.6) is 5.75 Å². The van der Waals surface area contributed by atoms with E-state index in [2.05, 4.69) is 10.2 Å². The number of hydrogen-bond acceptors (Lipinski definition) is 4. The molecule has 0 saturated carbocycles. The summed E-state index contributed by atoms with van der Waals surface area (Å²) in [6.07, 6.45) is 0. The van der Waals surface area contributed by atoms with Gasteiger partial charge < -0.3 is 15.2 Å². The molecule has 1 atom stereocenters. The molecule has 1 saturated heterocycles. The lowest BCUT2D eigenvalue weighted by atomic mass is 10.1. The van der Waals surface area contributed by atoms with E-state index in [0.29, 0.717) is 5.56 Å². The van der Waals surface area contributed by atoms with Crippen LogP contribution < -0.4 is 5.32 Å². The third kappa shape index (κ3) is 4.16. The number of hydrogen-bond donors (Lipinski definition) is 2. The number of nitrogens with zero attached hydrogens (tertiary/aromatic N) is 1. The predicted molar refractivity (Wildman–Crippen MR) is 71.7 cm³/mol. The lowest BCUT2D eigenvalue weighted by Gasteiger charge is -2.27. The number of aromatic hydroxyl groups is 1. The fourth-order valence-electron chi connectivity index (χ4n) is 2.25. The van der Waals surface area contributed by atoms with Crippen LogP contribution in [-0.2, 0) is 4.74 Å². The minimum absolute atomic E-state index is 0.0725. The highest BCUT2D eigenvalue weighted by atomic mass is 19.1. The maximum atomic E-state index is 13.2. The predicted octanol–water partition coefficient (Wildman–Crippen LogP) is 1.51. The van der Waals surface area contributed by atoms with E-state index in [1.165, 1.54) is 18.2 Å². The average Bonchev–Trinajstić information content (AvgIpc) is 2.42. The lowest BCUT2D eigenvalue weighted by Crippen LogP contribution is -2.40. The summed E-state index contributed by atoms with van der Waals surface area (Å²) in [5.74, 6) is -0.192. The summed E-state index contributed by atoms with van der Waals surface area (Å²) in [7, 11) is 0. The Bertz CT molecular complexity index is 408. The van der Waals surface area contributed by atoms with E-state index in [-0.39, 0.29) is 17.6 Å². The summed E-state index contributed by atoms with van der Waals surface area (Å²) in [5, 5.41) is 13.0. The third-order valence-corrected chi connectivity index (χ3v) is 3.44. The number of ether oxygens (including phenoxy) is 1. The first-order valence-electron chi connectivity index (χ1n) is 6.68. The van der Waals surface area contributed by atoms with E-state index in [4.69, 9.17) is 4.74 Å². The van der Waals surface area contributed by atoms with Crippen LogP contribution in [0.3, 0.4) is 0 Å². The van der Waals surface area contributed by atoms with Gasteiger partial charge in [0.05, 0.1) is 13.2 Å². The van der Waals surface area contributed by atoms with Crippen LogP contribution >= 0.6 is 0 Å². The van der Waals surface area contributed by atoms with E-state index in [1.807, 2.05) is 6.92 Å². The van der Waals surface area contributed by atoms with E-state index < -0.39 is 0 Å². The quantitative estimate of drug-likeness (QED) is 0.850. The van der Waals surface area contributed by atoms with Gasteiger partial charge in [0.25, 0.3) is 0 Å². The Morgan fingerprint density at radius 3 is 2.89 bits per heavy atom. The molecule has 0 spiro atoms. The van der Waals surface area contributed by atoms with Crippen molar-refractivity contribution in [1.29, 1.82) is 0 Å². The highest BCUT2D eigenvalue weighted by Gasteiger charge is 2.13.